The summed E-state index contributed by atoms with van der Waals surface area (Å²) in [6.45, 7) is 1.38. The Balaban J connectivity index is 1.90. The van der Waals surface area contributed by atoms with Gasteiger partial charge < -0.3 is 15.4 Å². The standard InChI is InChI=1S/C15H19N3O4/c1-22-14(20)8-7-13(19)17-11-3-5-12(6-4-11)18-10-2-9-16-15(18)21/h3-6H,2,7-10H2,1H3,(H,16,21)(H,17,19). The highest BCUT2D eigenvalue weighted by Gasteiger charge is 2.18. The van der Waals surface area contributed by atoms with Gasteiger partial charge in [0.25, 0.3) is 0 Å². The van der Waals surface area contributed by atoms with E-state index in [2.05, 4.69) is 15.4 Å². The monoisotopic (exact) mass is 305 g/mol. The number of benzene rings is 1. The van der Waals surface area contributed by atoms with Crippen LogP contribution in [0.5, 0.6) is 0 Å². The summed E-state index contributed by atoms with van der Waals surface area (Å²) >= 11 is 0. The van der Waals surface area contributed by atoms with Gasteiger partial charge in [-0.05, 0) is 30.7 Å². The summed E-state index contributed by atoms with van der Waals surface area (Å²) in [5.41, 5.74) is 1.40. The molecular formula is C15H19N3O4. The normalized spacial score (nSPS) is 14.2. The van der Waals surface area contributed by atoms with Crippen molar-refractivity contribution in [2.24, 2.45) is 0 Å². The lowest BCUT2D eigenvalue weighted by atomic mass is 10.2. The summed E-state index contributed by atoms with van der Waals surface area (Å²) in [4.78, 5) is 36.0. The Labute approximate surface area is 128 Å². The molecule has 3 amide bonds. The van der Waals surface area contributed by atoms with Gasteiger partial charge in [0.1, 0.15) is 0 Å². The van der Waals surface area contributed by atoms with Crippen LogP contribution in [0.1, 0.15) is 19.3 Å². The number of ether oxygens (including phenoxy) is 1. The van der Waals surface area contributed by atoms with Gasteiger partial charge in [0.05, 0.1) is 13.5 Å². The van der Waals surface area contributed by atoms with Gasteiger partial charge >= 0.3 is 12.0 Å². The fourth-order valence-electron chi connectivity index (χ4n) is 2.14. The summed E-state index contributed by atoms with van der Waals surface area (Å²) in [5.74, 6) is -0.671. The smallest absolute Gasteiger partial charge is 0.321 e. The highest BCUT2D eigenvalue weighted by Crippen LogP contribution is 2.19. The van der Waals surface area contributed by atoms with E-state index in [1.54, 1.807) is 29.2 Å². The molecule has 1 heterocycles. The molecule has 22 heavy (non-hydrogen) atoms. The van der Waals surface area contributed by atoms with Crippen LogP contribution in [-0.2, 0) is 14.3 Å². The first-order valence-corrected chi connectivity index (χ1v) is 7.12. The van der Waals surface area contributed by atoms with Crippen molar-refractivity contribution in [3.8, 4) is 0 Å². The number of hydrogen-bond donors (Lipinski definition) is 2. The van der Waals surface area contributed by atoms with Crippen molar-refractivity contribution in [3.05, 3.63) is 24.3 Å². The summed E-state index contributed by atoms with van der Waals surface area (Å²) in [7, 11) is 1.29. The second-order valence-corrected chi connectivity index (χ2v) is 4.91. The zero-order chi connectivity index (χ0) is 15.9. The predicted octanol–water partition coefficient (Wildman–Crippen LogP) is 1.50. The Morgan fingerprint density at radius 1 is 1.27 bits per heavy atom. The van der Waals surface area contributed by atoms with Crippen LogP contribution in [0, 0.1) is 0 Å². The molecule has 0 atom stereocenters. The molecule has 0 aliphatic carbocycles. The molecule has 2 N–H and O–H groups in total. The lowest BCUT2D eigenvalue weighted by molar-refractivity contribution is -0.141. The van der Waals surface area contributed by atoms with Crippen molar-refractivity contribution >= 4 is 29.3 Å². The minimum Gasteiger partial charge on any atom is -0.469 e. The van der Waals surface area contributed by atoms with Crippen molar-refractivity contribution in [2.75, 3.05) is 30.4 Å². The molecular weight excluding hydrogens is 286 g/mol. The highest BCUT2D eigenvalue weighted by atomic mass is 16.5. The van der Waals surface area contributed by atoms with Crippen molar-refractivity contribution in [1.82, 2.24) is 5.32 Å². The molecule has 0 unspecified atom stereocenters. The molecule has 0 bridgehead atoms. The van der Waals surface area contributed by atoms with E-state index < -0.39 is 5.97 Å². The second kappa shape index (κ2) is 7.44. The van der Waals surface area contributed by atoms with Gasteiger partial charge in [-0.1, -0.05) is 0 Å². The number of carbonyl (C=O) groups excluding carboxylic acids is 3. The number of carbonyl (C=O) groups is 3. The van der Waals surface area contributed by atoms with Crippen LogP contribution in [0.4, 0.5) is 16.2 Å². The summed E-state index contributed by atoms with van der Waals surface area (Å²) < 4.78 is 4.48. The average Bonchev–Trinajstić information content (AvgIpc) is 2.54. The van der Waals surface area contributed by atoms with Crippen molar-refractivity contribution in [1.29, 1.82) is 0 Å². The van der Waals surface area contributed by atoms with Gasteiger partial charge in [-0.15, -0.1) is 0 Å². The molecule has 7 heteroatoms. The molecule has 1 saturated heterocycles. The number of anilines is 2. The van der Waals surface area contributed by atoms with Gasteiger partial charge in [-0.25, -0.2) is 4.79 Å². The topological polar surface area (TPSA) is 87.7 Å². The third kappa shape index (κ3) is 4.21. The first-order valence-electron chi connectivity index (χ1n) is 7.12. The van der Waals surface area contributed by atoms with Crippen LogP contribution in [0.25, 0.3) is 0 Å². The largest absolute Gasteiger partial charge is 0.469 e. The average molecular weight is 305 g/mol. The zero-order valence-electron chi connectivity index (χ0n) is 12.4. The maximum atomic E-state index is 11.7. The zero-order valence-corrected chi connectivity index (χ0v) is 12.4. The molecule has 1 aliphatic heterocycles. The van der Waals surface area contributed by atoms with Gasteiger partial charge in [-0.2, -0.15) is 0 Å². The fraction of sp³-hybridized carbons (Fsp3) is 0.400. The van der Waals surface area contributed by atoms with Crippen LogP contribution in [0.2, 0.25) is 0 Å². The third-order valence-corrected chi connectivity index (χ3v) is 3.33. The minimum absolute atomic E-state index is 0.0500. The summed E-state index contributed by atoms with van der Waals surface area (Å²) in [6, 6.07) is 6.91. The van der Waals surface area contributed by atoms with Crippen molar-refractivity contribution in [2.45, 2.75) is 19.3 Å². The Morgan fingerprint density at radius 3 is 2.64 bits per heavy atom. The molecule has 1 aliphatic rings. The van der Waals surface area contributed by atoms with Crippen LogP contribution >= 0.6 is 0 Å². The number of nitrogens with zero attached hydrogens (tertiary/aromatic N) is 1. The van der Waals surface area contributed by atoms with E-state index in [-0.39, 0.29) is 24.8 Å². The van der Waals surface area contributed by atoms with Gasteiger partial charge in [0.15, 0.2) is 0 Å². The van der Waals surface area contributed by atoms with E-state index in [0.717, 1.165) is 12.1 Å². The van der Waals surface area contributed by atoms with Gasteiger partial charge in [0, 0.05) is 30.9 Å². The van der Waals surface area contributed by atoms with E-state index in [4.69, 9.17) is 0 Å². The molecule has 0 saturated carbocycles. The van der Waals surface area contributed by atoms with Gasteiger partial charge in [-0.3, -0.25) is 14.5 Å². The van der Waals surface area contributed by atoms with E-state index in [0.29, 0.717) is 18.8 Å². The molecule has 2 rings (SSSR count). The number of nitrogens with one attached hydrogen (secondary N) is 2. The van der Waals surface area contributed by atoms with Crippen LogP contribution in [-0.4, -0.2) is 38.1 Å². The van der Waals surface area contributed by atoms with Crippen molar-refractivity contribution in [3.63, 3.8) is 0 Å². The Morgan fingerprint density at radius 2 is 2.00 bits per heavy atom. The number of amides is 3. The molecule has 7 nitrogen and oxygen atoms in total. The molecule has 118 valence electrons. The van der Waals surface area contributed by atoms with Crippen molar-refractivity contribution < 1.29 is 19.1 Å². The second-order valence-electron chi connectivity index (χ2n) is 4.91. The first-order chi connectivity index (χ1) is 10.6. The lowest BCUT2D eigenvalue weighted by Crippen LogP contribution is -2.46. The first kappa shape index (κ1) is 15.8. The maximum Gasteiger partial charge on any atom is 0.321 e. The molecule has 0 radical (unpaired) electrons. The Bertz CT molecular complexity index is 556. The number of methoxy groups -OCH3 is 1. The van der Waals surface area contributed by atoms with Crippen LogP contribution in [0.3, 0.4) is 0 Å². The quantitative estimate of drug-likeness (QED) is 0.807. The van der Waals surface area contributed by atoms with Crippen LogP contribution in [0.15, 0.2) is 24.3 Å². The highest BCUT2D eigenvalue weighted by molar-refractivity contribution is 5.94. The Hall–Kier alpha value is -2.57. The molecule has 1 fully saturated rings. The summed E-state index contributed by atoms with van der Waals surface area (Å²) in [6.07, 6.45) is 1.02. The lowest BCUT2D eigenvalue weighted by Gasteiger charge is -2.27. The number of urea groups is 1. The molecule has 1 aromatic rings. The minimum atomic E-state index is -0.415. The van der Waals surface area contributed by atoms with E-state index in [1.807, 2.05) is 0 Å². The molecule has 0 spiro atoms. The molecule has 0 aromatic heterocycles. The van der Waals surface area contributed by atoms with E-state index in [9.17, 15) is 14.4 Å². The van der Waals surface area contributed by atoms with E-state index >= 15 is 0 Å². The van der Waals surface area contributed by atoms with Gasteiger partial charge in [0.2, 0.25) is 5.91 Å². The number of hydrogen-bond acceptors (Lipinski definition) is 4. The Kier molecular flexibility index (Phi) is 5.35. The van der Waals surface area contributed by atoms with E-state index in [1.165, 1.54) is 7.11 Å². The predicted molar refractivity (Wildman–Crippen MR) is 81.7 cm³/mol. The maximum absolute atomic E-state index is 11.7. The third-order valence-electron chi connectivity index (χ3n) is 3.33. The molecule has 1 aromatic carbocycles. The van der Waals surface area contributed by atoms with Crippen LogP contribution < -0.4 is 15.5 Å². The fourth-order valence-corrected chi connectivity index (χ4v) is 2.14. The SMILES string of the molecule is COC(=O)CCC(=O)Nc1ccc(N2CCCNC2=O)cc1. The number of rotatable bonds is 5. The number of esters is 1. The summed E-state index contributed by atoms with van der Waals surface area (Å²) in [5, 5.41) is 5.48.